The van der Waals surface area contributed by atoms with Crippen LogP contribution in [0.3, 0.4) is 0 Å². The van der Waals surface area contributed by atoms with Gasteiger partial charge in [-0.25, -0.2) is 4.79 Å². The summed E-state index contributed by atoms with van der Waals surface area (Å²) in [6, 6.07) is 10.2. The number of aryl methyl sites for hydroxylation is 2. The number of hydrogen-bond donors (Lipinski definition) is 2. The zero-order chi connectivity index (χ0) is 20.0. The van der Waals surface area contributed by atoms with E-state index in [2.05, 4.69) is 5.32 Å². The van der Waals surface area contributed by atoms with Crippen LogP contribution in [-0.4, -0.2) is 30.7 Å². The zero-order valence-electron chi connectivity index (χ0n) is 15.2. The van der Waals surface area contributed by atoms with Crippen molar-refractivity contribution in [2.75, 3.05) is 13.7 Å². The molecule has 2 rings (SSSR count). The largest absolute Gasteiger partial charge is 0.497 e. The molecule has 0 spiro atoms. The fourth-order valence-electron chi connectivity index (χ4n) is 2.34. The van der Waals surface area contributed by atoms with Crippen LogP contribution in [0.25, 0.3) is 6.08 Å². The monoisotopic (exact) mass is 389 g/mol. The van der Waals surface area contributed by atoms with Gasteiger partial charge in [0.05, 0.1) is 7.11 Å². The molecule has 0 radical (unpaired) electrons. The van der Waals surface area contributed by atoms with E-state index in [1.165, 1.54) is 13.2 Å². The van der Waals surface area contributed by atoms with E-state index in [1.54, 1.807) is 36.4 Å². The first-order chi connectivity index (χ1) is 12.8. The van der Waals surface area contributed by atoms with Gasteiger partial charge in [0.25, 0.3) is 5.91 Å². The first-order valence-electron chi connectivity index (χ1n) is 8.08. The van der Waals surface area contributed by atoms with Gasteiger partial charge >= 0.3 is 5.97 Å². The van der Waals surface area contributed by atoms with E-state index in [-0.39, 0.29) is 12.3 Å². The van der Waals surface area contributed by atoms with E-state index in [1.807, 2.05) is 13.8 Å². The Morgan fingerprint density at radius 2 is 1.70 bits per heavy atom. The molecule has 0 unspecified atom stereocenters. The molecule has 7 heteroatoms. The number of carbonyl (C=O) groups excluding carboxylic acids is 1. The summed E-state index contributed by atoms with van der Waals surface area (Å²) < 4.78 is 10.5. The van der Waals surface area contributed by atoms with E-state index in [4.69, 9.17) is 21.1 Å². The summed E-state index contributed by atoms with van der Waals surface area (Å²) in [7, 11) is 1.54. The second-order valence-corrected chi connectivity index (χ2v) is 6.22. The zero-order valence-corrected chi connectivity index (χ0v) is 16.0. The summed E-state index contributed by atoms with van der Waals surface area (Å²) in [4.78, 5) is 23.5. The topological polar surface area (TPSA) is 84.9 Å². The van der Waals surface area contributed by atoms with Crippen LogP contribution in [-0.2, 0) is 9.59 Å². The fourth-order valence-corrected chi connectivity index (χ4v) is 2.45. The van der Waals surface area contributed by atoms with Gasteiger partial charge in [0.2, 0.25) is 0 Å². The number of ether oxygens (including phenoxy) is 2. The smallest absolute Gasteiger partial charge is 0.352 e. The Bertz CT molecular complexity index is 851. The number of nitrogens with one attached hydrogen (secondary N) is 1. The maximum atomic E-state index is 12.1. The van der Waals surface area contributed by atoms with Crippen LogP contribution >= 0.6 is 11.6 Å². The lowest BCUT2D eigenvalue weighted by Crippen LogP contribution is -2.31. The summed E-state index contributed by atoms with van der Waals surface area (Å²) >= 11 is 6.10. The number of carboxylic acids is 1. The standard InChI is InChI=1S/C20H20ClNO5/c1-12-8-16(9-13(2)19(12)21)27-11-18(23)22-17(20(24)25)10-14-4-6-15(26-3)7-5-14/h4-10H,11H2,1-3H3,(H,22,23)(H,24,25)/b17-10+. The molecule has 2 aromatic rings. The van der Waals surface area contributed by atoms with Gasteiger partial charge in [-0.05, 0) is 60.9 Å². The lowest BCUT2D eigenvalue weighted by atomic mass is 10.1. The molecule has 0 aliphatic carbocycles. The number of carbonyl (C=O) groups is 2. The Morgan fingerprint density at radius 1 is 1.11 bits per heavy atom. The van der Waals surface area contributed by atoms with Crippen molar-refractivity contribution in [1.82, 2.24) is 5.32 Å². The minimum atomic E-state index is -1.25. The van der Waals surface area contributed by atoms with Crippen LogP contribution in [0.2, 0.25) is 5.02 Å². The highest BCUT2D eigenvalue weighted by molar-refractivity contribution is 6.32. The predicted octanol–water partition coefficient (Wildman–Crippen LogP) is 3.59. The average molecular weight is 390 g/mol. The SMILES string of the molecule is COc1ccc(/C=C(/NC(=O)COc2cc(C)c(Cl)c(C)c2)C(=O)O)cc1. The molecule has 27 heavy (non-hydrogen) atoms. The molecule has 142 valence electrons. The Balaban J connectivity index is 2.04. The molecule has 6 nitrogen and oxygen atoms in total. The van der Waals surface area contributed by atoms with Crippen molar-refractivity contribution in [1.29, 1.82) is 0 Å². The molecule has 0 aliphatic rings. The number of aliphatic carboxylic acids is 1. The van der Waals surface area contributed by atoms with Crippen LogP contribution < -0.4 is 14.8 Å². The first kappa shape index (κ1) is 20.3. The molecule has 0 saturated carbocycles. The van der Waals surface area contributed by atoms with Crippen molar-refractivity contribution < 1.29 is 24.2 Å². The summed E-state index contributed by atoms with van der Waals surface area (Å²) in [5, 5.41) is 12.3. The van der Waals surface area contributed by atoms with Crippen molar-refractivity contribution in [3.8, 4) is 11.5 Å². The third-order valence-electron chi connectivity index (χ3n) is 3.71. The highest BCUT2D eigenvalue weighted by Crippen LogP contribution is 2.25. The first-order valence-corrected chi connectivity index (χ1v) is 8.46. The summed E-state index contributed by atoms with van der Waals surface area (Å²) in [6.45, 7) is 3.35. The van der Waals surface area contributed by atoms with Gasteiger partial charge in [-0.15, -0.1) is 0 Å². The molecule has 0 aromatic heterocycles. The number of methoxy groups -OCH3 is 1. The summed E-state index contributed by atoms with van der Waals surface area (Å²) in [6.07, 6.45) is 1.36. The van der Waals surface area contributed by atoms with Crippen LogP contribution in [0, 0.1) is 13.8 Å². The highest BCUT2D eigenvalue weighted by Gasteiger charge is 2.13. The molecule has 1 amide bonds. The summed E-state index contributed by atoms with van der Waals surface area (Å²) in [5.41, 5.74) is 2.02. The lowest BCUT2D eigenvalue weighted by Gasteiger charge is -2.11. The molecular formula is C20H20ClNO5. The van der Waals surface area contributed by atoms with Gasteiger partial charge in [0.15, 0.2) is 6.61 Å². The number of rotatable bonds is 7. The molecule has 0 saturated heterocycles. The number of halogens is 1. The minimum absolute atomic E-state index is 0.253. The fraction of sp³-hybridized carbons (Fsp3) is 0.200. The third kappa shape index (κ3) is 5.76. The molecule has 0 fully saturated rings. The molecular weight excluding hydrogens is 370 g/mol. The quantitative estimate of drug-likeness (QED) is 0.707. The van der Waals surface area contributed by atoms with E-state index in [9.17, 15) is 14.7 Å². The number of hydrogen-bond acceptors (Lipinski definition) is 4. The second kappa shape index (κ2) is 9.09. The predicted molar refractivity (Wildman–Crippen MR) is 103 cm³/mol. The van der Waals surface area contributed by atoms with Crippen molar-refractivity contribution >= 4 is 29.6 Å². The molecule has 0 bridgehead atoms. The number of carboxylic acid groups (broad SMARTS) is 1. The van der Waals surface area contributed by atoms with Crippen molar-refractivity contribution in [3.05, 3.63) is 63.8 Å². The maximum absolute atomic E-state index is 12.1. The minimum Gasteiger partial charge on any atom is -0.497 e. The normalized spacial score (nSPS) is 11.0. The maximum Gasteiger partial charge on any atom is 0.352 e. The van der Waals surface area contributed by atoms with Crippen LogP contribution in [0.15, 0.2) is 42.1 Å². The van der Waals surface area contributed by atoms with Gasteiger partial charge in [0.1, 0.15) is 17.2 Å². The van der Waals surface area contributed by atoms with Gasteiger partial charge in [-0.3, -0.25) is 4.79 Å². The molecule has 2 N–H and O–H groups in total. The van der Waals surface area contributed by atoms with Crippen molar-refractivity contribution in [2.45, 2.75) is 13.8 Å². The molecule has 2 aromatic carbocycles. The van der Waals surface area contributed by atoms with Crippen molar-refractivity contribution in [2.24, 2.45) is 0 Å². The lowest BCUT2D eigenvalue weighted by molar-refractivity contribution is -0.134. The highest BCUT2D eigenvalue weighted by atomic mass is 35.5. The number of benzene rings is 2. The van der Waals surface area contributed by atoms with Gasteiger partial charge < -0.3 is 19.9 Å². The number of amides is 1. The molecule has 0 aliphatic heterocycles. The van der Waals surface area contributed by atoms with Gasteiger partial charge in [-0.2, -0.15) is 0 Å². The van der Waals surface area contributed by atoms with Crippen molar-refractivity contribution in [3.63, 3.8) is 0 Å². The van der Waals surface area contributed by atoms with E-state index >= 15 is 0 Å². The second-order valence-electron chi connectivity index (χ2n) is 5.84. The van der Waals surface area contributed by atoms with E-state index < -0.39 is 11.9 Å². The third-order valence-corrected chi connectivity index (χ3v) is 4.31. The van der Waals surface area contributed by atoms with Crippen LogP contribution in [0.5, 0.6) is 11.5 Å². The molecule has 0 heterocycles. The van der Waals surface area contributed by atoms with Gasteiger partial charge in [-0.1, -0.05) is 23.7 Å². The average Bonchev–Trinajstić information content (AvgIpc) is 2.64. The Morgan fingerprint density at radius 3 is 2.22 bits per heavy atom. The van der Waals surface area contributed by atoms with Crippen LogP contribution in [0.4, 0.5) is 0 Å². The summed E-state index contributed by atoms with van der Waals surface area (Å²) in [5.74, 6) is -0.699. The van der Waals surface area contributed by atoms with E-state index in [0.29, 0.717) is 22.1 Å². The Hall–Kier alpha value is -2.99. The van der Waals surface area contributed by atoms with Gasteiger partial charge in [0, 0.05) is 5.02 Å². The van der Waals surface area contributed by atoms with Crippen LogP contribution in [0.1, 0.15) is 16.7 Å². The van der Waals surface area contributed by atoms with E-state index in [0.717, 1.165) is 11.1 Å². The molecule has 0 atom stereocenters. The Labute approximate surface area is 162 Å². The Kier molecular flexibility index (Phi) is 6.85.